The van der Waals surface area contributed by atoms with Crippen molar-refractivity contribution in [3.63, 3.8) is 0 Å². The molecule has 0 saturated heterocycles. The summed E-state index contributed by atoms with van der Waals surface area (Å²) in [4.78, 5) is 0. The number of allylic oxidation sites excluding steroid dienone is 2. The third-order valence-corrected chi connectivity index (χ3v) is 2.19. The van der Waals surface area contributed by atoms with Crippen molar-refractivity contribution in [3.8, 4) is 0 Å². The summed E-state index contributed by atoms with van der Waals surface area (Å²) in [6, 6.07) is 0. The van der Waals surface area contributed by atoms with E-state index in [9.17, 15) is 57.1 Å². The Morgan fingerprint density at radius 2 is 1.12 bits per heavy atom. The van der Waals surface area contributed by atoms with Crippen LogP contribution in [0.2, 0.25) is 0 Å². The van der Waals surface area contributed by atoms with Gasteiger partial charge < -0.3 is 9.47 Å². The fraction of sp³-hybridized carbons (Fsp3) is 0.778. The van der Waals surface area contributed by atoms with E-state index in [4.69, 9.17) is 0 Å². The van der Waals surface area contributed by atoms with Gasteiger partial charge in [-0.15, -0.1) is 0 Å². The molecule has 0 aliphatic heterocycles. The maximum absolute atomic E-state index is 13.2. The molecule has 0 amide bonds. The van der Waals surface area contributed by atoms with Crippen LogP contribution in [0.1, 0.15) is 0 Å². The number of rotatable bonds is 6. The summed E-state index contributed by atoms with van der Waals surface area (Å²) in [5, 5.41) is 0. The standard InChI is InChI=1S/C9H5F13O2/c1-23-2-24-4(3(10)5(11,12)8(17,18)19)6(13,14)7(15,16)9(20,21)22/h2H2,1H3/b4-3+. The van der Waals surface area contributed by atoms with Crippen LogP contribution in [-0.4, -0.2) is 44.0 Å². The first kappa shape index (κ1) is 22.6. The molecule has 0 aliphatic carbocycles. The van der Waals surface area contributed by atoms with Crippen LogP contribution in [0.3, 0.4) is 0 Å². The molecule has 2 nitrogen and oxygen atoms in total. The molecule has 0 fully saturated rings. The molecule has 0 atom stereocenters. The van der Waals surface area contributed by atoms with E-state index in [0.29, 0.717) is 7.11 Å². The number of halogens is 13. The highest BCUT2D eigenvalue weighted by atomic mass is 19.4. The van der Waals surface area contributed by atoms with Gasteiger partial charge in [-0.25, -0.2) is 4.39 Å². The van der Waals surface area contributed by atoms with Crippen molar-refractivity contribution in [2.75, 3.05) is 13.9 Å². The fourth-order valence-electron chi connectivity index (χ4n) is 0.997. The lowest BCUT2D eigenvalue weighted by Crippen LogP contribution is -2.54. The average Bonchev–Trinajstić information content (AvgIpc) is 2.35. The van der Waals surface area contributed by atoms with Crippen molar-refractivity contribution in [3.05, 3.63) is 11.6 Å². The molecule has 24 heavy (non-hydrogen) atoms. The summed E-state index contributed by atoms with van der Waals surface area (Å²) in [6.07, 6.45) is -14.1. The molecule has 0 aliphatic rings. The van der Waals surface area contributed by atoms with E-state index < -0.39 is 48.5 Å². The fourth-order valence-corrected chi connectivity index (χ4v) is 0.997. The average molecular weight is 392 g/mol. The van der Waals surface area contributed by atoms with Gasteiger partial charge >= 0.3 is 30.1 Å². The Hall–Kier alpha value is -1.41. The van der Waals surface area contributed by atoms with Crippen LogP contribution in [0.25, 0.3) is 0 Å². The zero-order chi connectivity index (χ0) is 19.8. The van der Waals surface area contributed by atoms with Crippen LogP contribution in [0, 0.1) is 0 Å². The van der Waals surface area contributed by atoms with Crippen LogP contribution < -0.4 is 0 Å². The van der Waals surface area contributed by atoms with E-state index in [1.807, 2.05) is 0 Å². The van der Waals surface area contributed by atoms with Gasteiger partial charge in [0.05, 0.1) is 0 Å². The maximum atomic E-state index is 13.2. The highest BCUT2D eigenvalue weighted by molar-refractivity contribution is 5.22. The van der Waals surface area contributed by atoms with Crippen LogP contribution in [0.15, 0.2) is 11.6 Å². The van der Waals surface area contributed by atoms with Crippen molar-refractivity contribution in [1.82, 2.24) is 0 Å². The van der Waals surface area contributed by atoms with Gasteiger partial charge in [0.15, 0.2) is 6.79 Å². The number of alkyl halides is 12. The maximum Gasteiger partial charge on any atom is 0.460 e. The smallest absolute Gasteiger partial charge is 0.460 e. The van der Waals surface area contributed by atoms with Crippen LogP contribution >= 0.6 is 0 Å². The van der Waals surface area contributed by atoms with E-state index >= 15 is 0 Å². The first-order chi connectivity index (χ1) is 10.4. The predicted octanol–water partition coefficient (Wildman–Crippen LogP) is 4.82. The van der Waals surface area contributed by atoms with Gasteiger partial charge in [-0.2, -0.15) is 52.7 Å². The summed E-state index contributed by atoms with van der Waals surface area (Å²) in [5.74, 6) is -29.2. The van der Waals surface area contributed by atoms with Crippen molar-refractivity contribution in [1.29, 1.82) is 0 Å². The third-order valence-electron chi connectivity index (χ3n) is 2.19. The minimum Gasteiger partial charge on any atom is -0.462 e. The highest BCUT2D eigenvalue weighted by Gasteiger charge is 2.77. The number of hydrogen-bond donors (Lipinski definition) is 0. The predicted molar refractivity (Wildman–Crippen MR) is 48.0 cm³/mol. The SMILES string of the molecule is COCO/C(=C(/F)C(F)(F)C(F)(F)F)C(F)(F)C(F)(F)C(F)(F)F. The molecule has 144 valence electrons. The monoisotopic (exact) mass is 392 g/mol. The Balaban J connectivity index is 6.46. The third kappa shape index (κ3) is 3.80. The molecule has 15 heteroatoms. The molecule has 0 aromatic heterocycles. The minimum atomic E-state index is -7.23. The molecular weight excluding hydrogens is 387 g/mol. The summed E-state index contributed by atoms with van der Waals surface area (Å²) in [6.45, 7) is -1.83. The van der Waals surface area contributed by atoms with E-state index in [0.717, 1.165) is 0 Å². The molecular formula is C9H5F13O2. The quantitative estimate of drug-likeness (QED) is 0.367. The molecule has 0 N–H and O–H groups in total. The molecule has 0 bridgehead atoms. The van der Waals surface area contributed by atoms with E-state index in [2.05, 4.69) is 9.47 Å². The lowest BCUT2D eigenvalue weighted by molar-refractivity contribution is -0.353. The number of methoxy groups -OCH3 is 1. The van der Waals surface area contributed by atoms with Gasteiger partial charge in [-0.1, -0.05) is 0 Å². The lowest BCUT2D eigenvalue weighted by Gasteiger charge is -2.30. The molecule has 0 spiro atoms. The van der Waals surface area contributed by atoms with Crippen LogP contribution in [0.5, 0.6) is 0 Å². The second kappa shape index (κ2) is 6.48. The summed E-state index contributed by atoms with van der Waals surface area (Å²) in [7, 11) is 0.497. The highest BCUT2D eigenvalue weighted by Crippen LogP contribution is 2.53. The van der Waals surface area contributed by atoms with Crippen LogP contribution in [-0.2, 0) is 9.47 Å². The lowest BCUT2D eigenvalue weighted by atomic mass is 10.1. The topological polar surface area (TPSA) is 18.5 Å². The van der Waals surface area contributed by atoms with E-state index in [1.54, 1.807) is 0 Å². The molecule has 0 rings (SSSR count). The first-order valence-electron chi connectivity index (χ1n) is 5.15. The minimum absolute atomic E-state index is 0.497. The van der Waals surface area contributed by atoms with Crippen molar-refractivity contribution >= 4 is 0 Å². The molecule has 0 heterocycles. The van der Waals surface area contributed by atoms with E-state index in [-0.39, 0.29) is 0 Å². The van der Waals surface area contributed by atoms with Gasteiger partial charge in [0, 0.05) is 7.11 Å². The molecule has 0 aromatic rings. The molecule has 0 saturated carbocycles. The van der Waals surface area contributed by atoms with Gasteiger partial charge in [0.2, 0.25) is 11.6 Å². The number of ether oxygens (including phenoxy) is 2. The second-order valence-corrected chi connectivity index (χ2v) is 3.91. The Kier molecular flexibility index (Phi) is 6.10. The largest absolute Gasteiger partial charge is 0.462 e. The van der Waals surface area contributed by atoms with Crippen LogP contribution in [0.4, 0.5) is 57.1 Å². The normalized spacial score (nSPS) is 16.1. The number of hydrogen-bond acceptors (Lipinski definition) is 2. The Labute approximate surface area is 123 Å². The zero-order valence-electron chi connectivity index (χ0n) is 10.9. The van der Waals surface area contributed by atoms with Crippen molar-refractivity contribution < 1.29 is 66.5 Å². The summed E-state index contributed by atoms with van der Waals surface area (Å²) in [5.41, 5.74) is 0. The van der Waals surface area contributed by atoms with E-state index in [1.165, 1.54) is 0 Å². The van der Waals surface area contributed by atoms with Crippen molar-refractivity contribution in [2.24, 2.45) is 0 Å². The Morgan fingerprint density at radius 3 is 1.42 bits per heavy atom. The van der Waals surface area contributed by atoms with Gasteiger partial charge in [0.25, 0.3) is 0 Å². The van der Waals surface area contributed by atoms with Crippen molar-refractivity contribution in [2.45, 2.75) is 30.1 Å². The summed E-state index contributed by atoms with van der Waals surface area (Å²) >= 11 is 0. The van der Waals surface area contributed by atoms with Gasteiger partial charge in [-0.3, -0.25) is 0 Å². The van der Waals surface area contributed by atoms with Gasteiger partial charge in [-0.05, 0) is 0 Å². The molecule has 0 radical (unpaired) electrons. The van der Waals surface area contributed by atoms with Gasteiger partial charge in [0.1, 0.15) is 0 Å². The second-order valence-electron chi connectivity index (χ2n) is 3.91. The molecule has 0 aromatic carbocycles. The summed E-state index contributed by atoms with van der Waals surface area (Å²) < 4.78 is 169. The zero-order valence-corrected chi connectivity index (χ0v) is 10.9. The Bertz CT molecular complexity index is 473. The Morgan fingerprint density at radius 1 is 0.708 bits per heavy atom. The first-order valence-corrected chi connectivity index (χ1v) is 5.15. The molecule has 0 unspecified atom stereocenters.